The molecule has 1 aliphatic rings. The Morgan fingerprint density at radius 3 is 2.76 bits per heavy atom. The van der Waals surface area contributed by atoms with Crippen LogP contribution < -0.4 is 10.6 Å². The van der Waals surface area contributed by atoms with Crippen molar-refractivity contribution in [3.63, 3.8) is 0 Å². The molecule has 0 spiro atoms. The van der Waals surface area contributed by atoms with Gasteiger partial charge in [-0.3, -0.25) is 4.79 Å². The Morgan fingerprint density at radius 2 is 1.96 bits per heavy atom. The van der Waals surface area contributed by atoms with Crippen LogP contribution in [0.25, 0.3) is 0 Å². The first kappa shape index (κ1) is 17.6. The zero-order chi connectivity index (χ0) is 17.6. The number of fused-ring (bicyclic) bond motifs is 1. The van der Waals surface area contributed by atoms with Gasteiger partial charge in [0.05, 0.1) is 6.10 Å². The van der Waals surface area contributed by atoms with Gasteiger partial charge in [0, 0.05) is 24.7 Å². The van der Waals surface area contributed by atoms with Gasteiger partial charge < -0.3 is 15.7 Å². The molecule has 2 atom stereocenters. The number of carbonyl (C=O) groups is 1. The summed E-state index contributed by atoms with van der Waals surface area (Å²) in [5, 5.41) is 16.7. The maximum absolute atomic E-state index is 11.4. The predicted molar refractivity (Wildman–Crippen MR) is 101 cm³/mol. The molecule has 0 saturated heterocycles. The molecule has 2 aromatic rings. The van der Waals surface area contributed by atoms with Crippen LogP contribution in [0, 0.1) is 0 Å². The average molecular weight is 338 g/mol. The van der Waals surface area contributed by atoms with Crippen LogP contribution in [0.15, 0.2) is 48.5 Å². The maximum atomic E-state index is 11.4. The Hall–Kier alpha value is -2.17. The topological polar surface area (TPSA) is 61.4 Å². The van der Waals surface area contributed by atoms with Crippen molar-refractivity contribution in [1.29, 1.82) is 0 Å². The number of benzene rings is 2. The van der Waals surface area contributed by atoms with E-state index in [0.29, 0.717) is 19.0 Å². The third-order valence-electron chi connectivity index (χ3n) is 4.78. The first-order valence-corrected chi connectivity index (χ1v) is 9.00. The van der Waals surface area contributed by atoms with Crippen molar-refractivity contribution in [3.8, 4) is 0 Å². The molecule has 2 unspecified atom stereocenters. The summed E-state index contributed by atoms with van der Waals surface area (Å²) in [6.07, 6.45) is 2.78. The van der Waals surface area contributed by atoms with E-state index >= 15 is 0 Å². The quantitative estimate of drug-likeness (QED) is 0.726. The fraction of sp³-hybridized carbons (Fsp3) is 0.381. The number of aliphatic hydroxyl groups is 1. The van der Waals surface area contributed by atoms with Gasteiger partial charge in [0.1, 0.15) is 0 Å². The number of hydrogen-bond acceptors (Lipinski definition) is 3. The molecule has 132 valence electrons. The molecule has 0 aliphatic carbocycles. The van der Waals surface area contributed by atoms with Gasteiger partial charge in [-0.05, 0) is 48.9 Å². The number of aliphatic hydroxyl groups excluding tert-OH is 1. The first-order valence-electron chi connectivity index (χ1n) is 9.00. The molecule has 4 nitrogen and oxygen atoms in total. The van der Waals surface area contributed by atoms with E-state index in [0.717, 1.165) is 36.1 Å². The number of aryl methyl sites for hydroxylation is 2. The molecule has 4 heteroatoms. The minimum atomic E-state index is -0.540. The van der Waals surface area contributed by atoms with E-state index in [9.17, 15) is 9.90 Å². The van der Waals surface area contributed by atoms with Crippen LogP contribution in [0.1, 0.15) is 42.6 Å². The van der Waals surface area contributed by atoms with Crippen molar-refractivity contribution in [3.05, 3.63) is 65.2 Å². The summed E-state index contributed by atoms with van der Waals surface area (Å²) in [4.78, 5) is 11.4. The molecule has 0 fully saturated rings. The van der Waals surface area contributed by atoms with Crippen molar-refractivity contribution in [1.82, 2.24) is 5.32 Å². The van der Waals surface area contributed by atoms with Gasteiger partial charge in [-0.1, -0.05) is 42.5 Å². The van der Waals surface area contributed by atoms with Crippen molar-refractivity contribution in [2.45, 2.75) is 44.8 Å². The molecule has 2 aromatic carbocycles. The van der Waals surface area contributed by atoms with Crippen molar-refractivity contribution >= 4 is 11.6 Å². The van der Waals surface area contributed by atoms with Gasteiger partial charge >= 0.3 is 0 Å². The molecule has 3 rings (SSSR count). The van der Waals surface area contributed by atoms with Crippen LogP contribution in [0.5, 0.6) is 0 Å². The van der Waals surface area contributed by atoms with E-state index in [2.05, 4.69) is 41.8 Å². The van der Waals surface area contributed by atoms with Gasteiger partial charge in [-0.25, -0.2) is 0 Å². The standard InChI is InChI=1S/C21H26N2O2/c1-15(7-8-16-5-3-2-4-6-16)22-14-20(24)18-9-11-19-17(13-18)10-12-21(25)23-19/h2-6,9,11,13,15,20,22,24H,7-8,10,12,14H2,1H3,(H,23,25). The average Bonchev–Trinajstić information content (AvgIpc) is 2.64. The highest BCUT2D eigenvalue weighted by atomic mass is 16.3. The monoisotopic (exact) mass is 338 g/mol. The Labute approximate surface area is 149 Å². The Balaban J connectivity index is 1.49. The van der Waals surface area contributed by atoms with Gasteiger partial charge in [0.25, 0.3) is 0 Å². The number of rotatable bonds is 7. The Bertz CT molecular complexity index is 715. The first-order chi connectivity index (χ1) is 12.1. The highest BCUT2D eigenvalue weighted by Crippen LogP contribution is 2.26. The molecule has 1 amide bonds. The molecule has 1 heterocycles. The van der Waals surface area contributed by atoms with E-state index in [-0.39, 0.29) is 5.91 Å². The summed E-state index contributed by atoms with van der Waals surface area (Å²) in [6, 6.07) is 16.6. The third-order valence-corrected chi connectivity index (χ3v) is 4.78. The zero-order valence-electron chi connectivity index (χ0n) is 14.7. The minimum Gasteiger partial charge on any atom is -0.387 e. The van der Waals surface area contributed by atoms with Crippen LogP contribution in [0.4, 0.5) is 5.69 Å². The van der Waals surface area contributed by atoms with Crippen molar-refractivity contribution < 1.29 is 9.90 Å². The largest absolute Gasteiger partial charge is 0.387 e. The minimum absolute atomic E-state index is 0.0645. The fourth-order valence-corrected chi connectivity index (χ4v) is 3.17. The SMILES string of the molecule is CC(CCc1ccccc1)NCC(O)c1ccc2c(c1)CCC(=O)N2. The number of anilines is 1. The Morgan fingerprint density at radius 1 is 1.16 bits per heavy atom. The number of amides is 1. The molecule has 0 saturated carbocycles. The van der Waals surface area contributed by atoms with Crippen LogP contribution in [0.3, 0.4) is 0 Å². The maximum Gasteiger partial charge on any atom is 0.224 e. The van der Waals surface area contributed by atoms with Crippen LogP contribution >= 0.6 is 0 Å². The number of hydrogen-bond donors (Lipinski definition) is 3. The normalized spacial score (nSPS) is 16.0. The summed E-state index contributed by atoms with van der Waals surface area (Å²) in [5.74, 6) is 0.0645. The van der Waals surface area contributed by atoms with Crippen LogP contribution in [-0.4, -0.2) is 23.6 Å². The van der Waals surface area contributed by atoms with Crippen LogP contribution in [-0.2, 0) is 17.6 Å². The smallest absolute Gasteiger partial charge is 0.224 e. The summed E-state index contributed by atoms with van der Waals surface area (Å²) in [7, 11) is 0. The van der Waals surface area contributed by atoms with Gasteiger partial charge in [0.15, 0.2) is 0 Å². The van der Waals surface area contributed by atoms with E-state index < -0.39 is 6.10 Å². The van der Waals surface area contributed by atoms with Crippen LogP contribution in [0.2, 0.25) is 0 Å². The second kappa shape index (κ2) is 8.28. The summed E-state index contributed by atoms with van der Waals surface area (Å²) in [5.41, 5.74) is 4.22. The number of carbonyl (C=O) groups excluding carboxylic acids is 1. The van der Waals surface area contributed by atoms with Gasteiger partial charge in [-0.15, -0.1) is 0 Å². The number of nitrogens with one attached hydrogen (secondary N) is 2. The molecule has 25 heavy (non-hydrogen) atoms. The van der Waals surface area contributed by atoms with E-state index in [4.69, 9.17) is 0 Å². The Kier molecular flexibility index (Phi) is 5.84. The highest BCUT2D eigenvalue weighted by molar-refractivity contribution is 5.93. The molecular weight excluding hydrogens is 312 g/mol. The summed E-state index contributed by atoms with van der Waals surface area (Å²) < 4.78 is 0. The van der Waals surface area contributed by atoms with E-state index in [1.807, 2.05) is 24.3 Å². The zero-order valence-corrected chi connectivity index (χ0v) is 14.7. The molecule has 3 N–H and O–H groups in total. The molecular formula is C21H26N2O2. The van der Waals surface area contributed by atoms with E-state index in [1.165, 1.54) is 5.56 Å². The summed E-state index contributed by atoms with van der Waals surface area (Å²) >= 11 is 0. The molecule has 1 aliphatic heterocycles. The molecule has 0 aromatic heterocycles. The third kappa shape index (κ3) is 4.91. The lowest BCUT2D eigenvalue weighted by molar-refractivity contribution is -0.116. The summed E-state index contributed by atoms with van der Waals surface area (Å²) in [6.45, 7) is 2.68. The lowest BCUT2D eigenvalue weighted by Gasteiger charge is -2.21. The lowest BCUT2D eigenvalue weighted by Crippen LogP contribution is -2.31. The second-order valence-electron chi connectivity index (χ2n) is 6.81. The van der Waals surface area contributed by atoms with E-state index in [1.54, 1.807) is 0 Å². The van der Waals surface area contributed by atoms with Crippen molar-refractivity contribution in [2.75, 3.05) is 11.9 Å². The van der Waals surface area contributed by atoms with Gasteiger partial charge in [0.2, 0.25) is 5.91 Å². The highest BCUT2D eigenvalue weighted by Gasteiger charge is 2.17. The van der Waals surface area contributed by atoms with Crippen molar-refractivity contribution in [2.24, 2.45) is 0 Å². The molecule has 0 bridgehead atoms. The van der Waals surface area contributed by atoms with Gasteiger partial charge in [-0.2, -0.15) is 0 Å². The fourth-order valence-electron chi connectivity index (χ4n) is 3.17. The molecule has 0 radical (unpaired) electrons. The second-order valence-corrected chi connectivity index (χ2v) is 6.81. The lowest BCUT2D eigenvalue weighted by atomic mass is 9.98. The predicted octanol–water partition coefficient (Wildman–Crippen LogP) is 3.22.